The van der Waals surface area contributed by atoms with Crippen molar-refractivity contribution in [1.82, 2.24) is 10.3 Å². The van der Waals surface area contributed by atoms with Crippen LogP contribution in [-0.4, -0.2) is 23.5 Å². The topological polar surface area (TPSA) is 68.0 Å². The Morgan fingerprint density at radius 1 is 1.60 bits per heavy atom. The largest absolute Gasteiger partial charge is 0.348 e. The highest BCUT2D eigenvalue weighted by molar-refractivity contribution is 5.94. The van der Waals surface area contributed by atoms with Crippen LogP contribution in [0.3, 0.4) is 0 Å². The summed E-state index contributed by atoms with van der Waals surface area (Å²) < 4.78 is 0. The zero-order valence-electron chi connectivity index (χ0n) is 9.16. The van der Waals surface area contributed by atoms with Crippen molar-refractivity contribution in [3.05, 3.63) is 29.6 Å². The quantitative estimate of drug-likeness (QED) is 0.769. The summed E-state index contributed by atoms with van der Waals surface area (Å²) in [4.78, 5) is 15.7. The van der Waals surface area contributed by atoms with Crippen LogP contribution in [0, 0.1) is 6.92 Å². The second-order valence-electron chi connectivity index (χ2n) is 3.50. The zero-order chi connectivity index (χ0) is 11.3. The summed E-state index contributed by atoms with van der Waals surface area (Å²) in [7, 11) is 0. The first-order chi connectivity index (χ1) is 7.17. The molecule has 1 aromatic rings. The Balaban J connectivity index is 2.64. The lowest BCUT2D eigenvalue weighted by molar-refractivity contribution is 0.0937. The smallest absolute Gasteiger partial charge is 0.253 e. The minimum Gasteiger partial charge on any atom is -0.348 e. The summed E-state index contributed by atoms with van der Waals surface area (Å²) in [6.45, 7) is 4.34. The Morgan fingerprint density at radius 2 is 2.33 bits per heavy atom. The predicted molar refractivity (Wildman–Crippen MR) is 59.6 cm³/mol. The number of nitrogens with two attached hydrogens (primary N) is 1. The van der Waals surface area contributed by atoms with E-state index in [1.165, 1.54) is 0 Å². The lowest BCUT2D eigenvalue weighted by Gasteiger charge is -2.14. The van der Waals surface area contributed by atoms with Crippen LogP contribution in [0.4, 0.5) is 0 Å². The fourth-order valence-corrected chi connectivity index (χ4v) is 1.20. The van der Waals surface area contributed by atoms with Crippen molar-refractivity contribution < 1.29 is 4.79 Å². The molecule has 4 nitrogen and oxygen atoms in total. The van der Waals surface area contributed by atoms with Crippen molar-refractivity contribution in [1.29, 1.82) is 0 Å². The van der Waals surface area contributed by atoms with E-state index in [4.69, 9.17) is 5.73 Å². The van der Waals surface area contributed by atoms with Gasteiger partial charge in [0.2, 0.25) is 0 Å². The van der Waals surface area contributed by atoms with Gasteiger partial charge in [-0.2, -0.15) is 0 Å². The second-order valence-corrected chi connectivity index (χ2v) is 3.50. The summed E-state index contributed by atoms with van der Waals surface area (Å²) in [6, 6.07) is 3.62. The molecule has 82 valence electrons. The number of nitrogens with one attached hydrogen (secondary N) is 1. The fourth-order valence-electron chi connectivity index (χ4n) is 1.20. The van der Waals surface area contributed by atoms with E-state index >= 15 is 0 Å². The van der Waals surface area contributed by atoms with Crippen LogP contribution < -0.4 is 11.1 Å². The van der Waals surface area contributed by atoms with Crippen LogP contribution in [0.1, 0.15) is 29.4 Å². The molecule has 0 saturated heterocycles. The van der Waals surface area contributed by atoms with E-state index in [1.807, 2.05) is 19.9 Å². The van der Waals surface area contributed by atoms with Gasteiger partial charge < -0.3 is 11.1 Å². The van der Waals surface area contributed by atoms with Gasteiger partial charge in [-0.15, -0.1) is 0 Å². The summed E-state index contributed by atoms with van der Waals surface area (Å²) in [5.41, 5.74) is 6.98. The Labute approximate surface area is 89.9 Å². The van der Waals surface area contributed by atoms with E-state index in [2.05, 4.69) is 10.3 Å². The second kappa shape index (κ2) is 5.46. The van der Waals surface area contributed by atoms with Gasteiger partial charge in [-0.25, -0.2) is 0 Å². The SMILES string of the molecule is CCC(CN)NC(=O)c1ccc(C)nc1. The summed E-state index contributed by atoms with van der Waals surface area (Å²) in [5.74, 6) is -0.111. The zero-order valence-corrected chi connectivity index (χ0v) is 9.16. The molecule has 1 amide bonds. The highest BCUT2D eigenvalue weighted by atomic mass is 16.1. The van der Waals surface area contributed by atoms with Crippen LogP contribution >= 0.6 is 0 Å². The number of pyridine rings is 1. The summed E-state index contributed by atoms with van der Waals surface area (Å²) in [6.07, 6.45) is 2.41. The number of rotatable bonds is 4. The van der Waals surface area contributed by atoms with Crippen LogP contribution in [0.2, 0.25) is 0 Å². The minimum atomic E-state index is -0.111. The number of nitrogens with zero attached hydrogens (tertiary/aromatic N) is 1. The normalized spacial score (nSPS) is 12.2. The van der Waals surface area contributed by atoms with E-state index in [-0.39, 0.29) is 11.9 Å². The first kappa shape index (κ1) is 11.7. The van der Waals surface area contributed by atoms with Gasteiger partial charge in [0.1, 0.15) is 0 Å². The van der Waals surface area contributed by atoms with Gasteiger partial charge in [0.15, 0.2) is 0 Å². The van der Waals surface area contributed by atoms with Crippen molar-refractivity contribution in [2.45, 2.75) is 26.3 Å². The molecule has 0 bridgehead atoms. The minimum absolute atomic E-state index is 0.0406. The molecule has 1 rings (SSSR count). The molecule has 1 heterocycles. The number of aromatic nitrogens is 1. The molecular formula is C11H17N3O. The van der Waals surface area contributed by atoms with E-state index in [0.29, 0.717) is 12.1 Å². The predicted octanol–water partition coefficient (Wildman–Crippen LogP) is 0.857. The molecule has 3 N–H and O–H groups in total. The van der Waals surface area contributed by atoms with Crippen molar-refractivity contribution in [2.75, 3.05) is 6.54 Å². The summed E-state index contributed by atoms with van der Waals surface area (Å²) >= 11 is 0. The van der Waals surface area contributed by atoms with E-state index in [9.17, 15) is 4.79 Å². The first-order valence-corrected chi connectivity index (χ1v) is 5.11. The van der Waals surface area contributed by atoms with Crippen molar-refractivity contribution in [3.63, 3.8) is 0 Å². The number of hydrogen-bond acceptors (Lipinski definition) is 3. The standard InChI is InChI=1S/C11H17N3O/c1-3-10(6-12)14-11(15)9-5-4-8(2)13-7-9/h4-5,7,10H,3,6,12H2,1-2H3,(H,14,15). The van der Waals surface area contributed by atoms with Gasteiger partial charge in [0.05, 0.1) is 5.56 Å². The average molecular weight is 207 g/mol. The molecule has 0 spiro atoms. The third-order valence-electron chi connectivity index (χ3n) is 2.29. The molecular weight excluding hydrogens is 190 g/mol. The number of carbonyl (C=O) groups excluding carboxylic acids is 1. The van der Waals surface area contributed by atoms with Crippen molar-refractivity contribution >= 4 is 5.91 Å². The maximum absolute atomic E-state index is 11.7. The van der Waals surface area contributed by atoms with Gasteiger partial charge in [-0.05, 0) is 25.5 Å². The van der Waals surface area contributed by atoms with Crippen LogP contribution in [-0.2, 0) is 0 Å². The molecule has 1 atom stereocenters. The average Bonchev–Trinajstić information content (AvgIpc) is 2.26. The molecule has 15 heavy (non-hydrogen) atoms. The summed E-state index contributed by atoms with van der Waals surface area (Å²) in [5, 5.41) is 2.85. The lowest BCUT2D eigenvalue weighted by Crippen LogP contribution is -2.39. The molecule has 1 aromatic heterocycles. The van der Waals surface area contributed by atoms with E-state index in [1.54, 1.807) is 12.3 Å². The highest BCUT2D eigenvalue weighted by Crippen LogP contribution is 2.00. The Kier molecular flexibility index (Phi) is 4.24. The Bertz CT molecular complexity index is 317. The monoisotopic (exact) mass is 207 g/mol. The van der Waals surface area contributed by atoms with Gasteiger partial charge in [0, 0.05) is 24.5 Å². The fraction of sp³-hybridized carbons (Fsp3) is 0.455. The van der Waals surface area contributed by atoms with Crippen molar-refractivity contribution in [3.8, 4) is 0 Å². The molecule has 1 unspecified atom stereocenters. The first-order valence-electron chi connectivity index (χ1n) is 5.11. The van der Waals surface area contributed by atoms with Gasteiger partial charge in [-0.3, -0.25) is 9.78 Å². The third kappa shape index (κ3) is 3.32. The van der Waals surface area contributed by atoms with E-state index in [0.717, 1.165) is 12.1 Å². The van der Waals surface area contributed by atoms with Crippen LogP contribution in [0.15, 0.2) is 18.3 Å². The third-order valence-corrected chi connectivity index (χ3v) is 2.29. The molecule has 0 aliphatic carbocycles. The molecule has 0 saturated carbocycles. The molecule has 0 aliphatic rings. The van der Waals surface area contributed by atoms with Gasteiger partial charge in [-0.1, -0.05) is 6.92 Å². The van der Waals surface area contributed by atoms with Crippen LogP contribution in [0.5, 0.6) is 0 Å². The molecule has 0 fully saturated rings. The number of hydrogen-bond donors (Lipinski definition) is 2. The maximum atomic E-state index is 11.7. The van der Waals surface area contributed by atoms with Crippen molar-refractivity contribution in [2.24, 2.45) is 5.73 Å². The molecule has 0 aromatic carbocycles. The highest BCUT2D eigenvalue weighted by Gasteiger charge is 2.10. The molecule has 0 aliphatic heterocycles. The Morgan fingerprint density at radius 3 is 2.80 bits per heavy atom. The van der Waals surface area contributed by atoms with Gasteiger partial charge >= 0.3 is 0 Å². The molecule has 4 heteroatoms. The van der Waals surface area contributed by atoms with Gasteiger partial charge in [0.25, 0.3) is 5.91 Å². The number of aryl methyl sites for hydroxylation is 1. The van der Waals surface area contributed by atoms with Crippen LogP contribution in [0.25, 0.3) is 0 Å². The number of carbonyl (C=O) groups is 1. The van der Waals surface area contributed by atoms with E-state index < -0.39 is 0 Å². The number of amides is 1. The Hall–Kier alpha value is -1.42. The maximum Gasteiger partial charge on any atom is 0.253 e. The molecule has 0 radical (unpaired) electrons. The lowest BCUT2D eigenvalue weighted by atomic mass is 10.2.